The monoisotopic (exact) mass is 246 g/mol. The van der Waals surface area contributed by atoms with Crippen LogP contribution in [-0.4, -0.2) is 27.0 Å². The Morgan fingerprint density at radius 1 is 1.44 bits per heavy atom. The number of H-pyrrole nitrogens is 1. The molecule has 0 unspecified atom stereocenters. The summed E-state index contributed by atoms with van der Waals surface area (Å²) in [5, 5.41) is 11.7. The van der Waals surface area contributed by atoms with Crippen LogP contribution in [0.4, 0.5) is 5.95 Å². The van der Waals surface area contributed by atoms with E-state index in [0.29, 0.717) is 12.4 Å². The fourth-order valence-corrected chi connectivity index (χ4v) is 1.52. The molecule has 1 heterocycles. The van der Waals surface area contributed by atoms with Gasteiger partial charge in [0.15, 0.2) is 0 Å². The van der Waals surface area contributed by atoms with Crippen molar-refractivity contribution in [2.24, 2.45) is 5.73 Å². The van der Waals surface area contributed by atoms with E-state index in [0.717, 1.165) is 5.56 Å². The maximum Gasteiger partial charge on any atom is 0.243 e. The molecule has 1 aromatic heterocycles. The van der Waals surface area contributed by atoms with Crippen LogP contribution in [0.5, 0.6) is 5.75 Å². The molecule has 2 rings (SSSR count). The third-order valence-electron chi connectivity index (χ3n) is 2.47. The smallest absolute Gasteiger partial charge is 0.243 e. The van der Waals surface area contributed by atoms with E-state index in [9.17, 15) is 4.79 Å². The second kappa shape index (κ2) is 5.33. The highest BCUT2D eigenvalue weighted by atomic mass is 16.3. The number of amides is 1. The molecule has 0 aliphatic rings. The molecule has 0 spiro atoms. The number of phenolic OH excluding ortho intramolecular Hbond substituents is 1. The summed E-state index contributed by atoms with van der Waals surface area (Å²) in [7, 11) is 0. The Kier molecular flexibility index (Phi) is 3.59. The zero-order chi connectivity index (χ0) is 13.0. The average molecular weight is 246 g/mol. The maximum absolute atomic E-state index is 11.7. The van der Waals surface area contributed by atoms with Crippen molar-refractivity contribution in [2.45, 2.75) is 12.5 Å². The predicted molar refractivity (Wildman–Crippen MR) is 67.0 cm³/mol. The van der Waals surface area contributed by atoms with Gasteiger partial charge in [-0.15, -0.1) is 0 Å². The summed E-state index contributed by atoms with van der Waals surface area (Å²) in [5.74, 6) is 0.256. The molecule has 2 aromatic rings. The van der Waals surface area contributed by atoms with Gasteiger partial charge in [0.25, 0.3) is 0 Å². The van der Waals surface area contributed by atoms with E-state index in [1.807, 2.05) is 0 Å². The van der Waals surface area contributed by atoms with Gasteiger partial charge in [-0.2, -0.15) is 0 Å². The first-order chi connectivity index (χ1) is 8.65. The summed E-state index contributed by atoms with van der Waals surface area (Å²) >= 11 is 0. The number of imidazole rings is 1. The lowest BCUT2D eigenvalue weighted by Crippen LogP contribution is -2.37. The normalized spacial score (nSPS) is 12.1. The number of anilines is 1. The van der Waals surface area contributed by atoms with Gasteiger partial charge in [-0.05, 0) is 24.1 Å². The molecule has 1 atom stereocenters. The van der Waals surface area contributed by atoms with E-state index in [1.54, 1.807) is 36.7 Å². The number of nitrogens with zero attached hydrogens (tertiary/aromatic N) is 1. The highest BCUT2D eigenvalue weighted by molar-refractivity contribution is 5.93. The lowest BCUT2D eigenvalue weighted by Gasteiger charge is -2.10. The second-order valence-corrected chi connectivity index (χ2v) is 3.90. The molecule has 0 aliphatic carbocycles. The molecule has 0 bridgehead atoms. The zero-order valence-corrected chi connectivity index (χ0v) is 9.63. The van der Waals surface area contributed by atoms with Crippen LogP contribution in [0.15, 0.2) is 36.7 Å². The van der Waals surface area contributed by atoms with E-state index in [2.05, 4.69) is 15.3 Å². The largest absolute Gasteiger partial charge is 0.508 e. The van der Waals surface area contributed by atoms with Crippen molar-refractivity contribution < 1.29 is 9.90 Å². The number of carbonyl (C=O) groups excluding carboxylic acids is 1. The second-order valence-electron chi connectivity index (χ2n) is 3.90. The van der Waals surface area contributed by atoms with Crippen molar-refractivity contribution >= 4 is 11.9 Å². The van der Waals surface area contributed by atoms with Gasteiger partial charge >= 0.3 is 0 Å². The molecule has 0 saturated heterocycles. The summed E-state index contributed by atoms with van der Waals surface area (Å²) < 4.78 is 0. The van der Waals surface area contributed by atoms with Crippen LogP contribution < -0.4 is 11.1 Å². The predicted octanol–water partition coefficient (Wildman–Crippen LogP) is 0.624. The molecule has 0 fully saturated rings. The number of aromatic hydroxyl groups is 1. The molecular weight excluding hydrogens is 232 g/mol. The third-order valence-corrected chi connectivity index (χ3v) is 2.47. The minimum Gasteiger partial charge on any atom is -0.508 e. The Morgan fingerprint density at radius 3 is 2.78 bits per heavy atom. The van der Waals surface area contributed by atoms with Crippen LogP contribution in [0.25, 0.3) is 0 Å². The molecule has 0 radical (unpaired) electrons. The molecule has 18 heavy (non-hydrogen) atoms. The van der Waals surface area contributed by atoms with Gasteiger partial charge in [-0.1, -0.05) is 12.1 Å². The summed E-state index contributed by atoms with van der Waals surface area (Å²) in [6, 6.07) is 5.92. The number of aromatic amines is 1. The SMILES string of the molecule is N[C@H](Cc1ccc(O)cc1)C(=O)Nc1ncc[nH]1. The Hall–Kier alpha value is -2.34. The summed E-state index contributed by atoms with van der Waals surface area (Å²) in [6.45, 7) is 0. The van der Waals surface area contributed by atoms with Gasteiger partial charge in [-0.25, -0.2) is 4.98 Å². The van der Waals surface area contributed by atoms with Crippen LogP contribution in [0, 0.1) is 0 Å². The summed E-state index contributed by atoms with van der Waals surface area (Å²) in [6.07, 6.45) is 3.55. The molecule has 94 valence electrons. The van der Waals surface area contributed by atoms with Crippen molar-refractivity contribution in [1.29, 1.82) is 0 Å². The topological polar surface area (TPSA) is 104 Å². The number of hydrogen-bond donors (Lipinski definition) is 4. The highest BCUT2D eigenvalue weighted by Crippen LogP contribution is 2.11. The molecule has 1 amide bonds. The van der Waals surface area contributed by atoms with E-state index in [4.69, 9.17) is 10.8 Å². The Bertz CT molecular complexity index is 507. The Morgan fingerprint density at radius 2 is 2.17 bits per heavy atom. The number of phenols is 1. The first kappa shape index (κ1) is 12.1. The van der Waals surface area contributed by atoms with Gasteiger partial charge in [0, 0.05) is 12.4 Å². The maximum atomic E-state index is 11.7. The van der Waals surface area contributed by atoms with E-state index >= 15 is 0 Å². The number of hydrogen-bond acceptors (Lipinski definition) is 4. The van der Waals surface area contributed by atoms with Crippen LogP contribution in [0.3, 0.4) is 0 Å². The molecule has 1 aromatic carbocycles. The first-order valence-electron chi connectivity index (χ1n) is 5.49. The zero-order valence-electron chi connectivity index (χ0n) is 9.63. The minimum absolute atomic E-state index is 0.187. The van der Waals surface area contributed by atoms with Gasteiger partial charge in [0.05, 0.1) is 6.04 Å². The minimum atomic E-state index is -0.667. The van der Waals surface area contributed by atoms with Gasteiger partial charge in [0.1, 0.15) is 5.75 Å². The van der Waals surface area contributed by atoms with Gasteiger partial charge in [-0.3, -0.25) is 10.1 Å². The molecular formula is C12H14N4O2. The lowest BCUT2D eigenvalue weighted by molar-refractivity contribution is -0.117. The average Bonchev–Trinajstić information content (AvgIpc) is 2.85. The number of benzene rings is 1. The standard InChI is InChI=1S/C12H14N4O2/c13-10(7-8-1-3-9(17)4-2-8)11(18)16-12-14-5-6-15-12/h1-6,10,17H,7,13H2,(H2,14,15,16,18)/t10-/m1/s1. The van der Waals surface area contributed by atoms with Gasteiger partial charge in [0.2, 0.25) is 11.9 Å². The fourth-order valence-electron chi connectivity index (χ4n) is 1.52. The fraction of sp³-hybridized carbons (Fsp3) is 0.167. The van der Waals surface area contributed by atoms with Crippen molar-refractivity contribution in [3.63, 3.8) is 0 Å². The molecule has 0 aliphatic heterocycles. The molecule has 6 nitrogen and oxygen atoms in total. The molecule has 5 N–H and O–H groups in total. The van der Waals surface area contributed by atoms with Gasteiger partial charge < -0.3 is 15.8 Å². The van der Waals surface area contributed by atoms with Crippen molar-refractivity contribution in [3.05, 3.63) is 42.2 Å². The first-order valence-corrected chi connectivity index (χ1v) is 5.49. The number of carbonyl (C=O) groups is 1. The van der Waals surface area contributed by atoms with Crippen molar-refractivity contribution in [3.8, 4) is 5.75 Å². The van der Waals surface area contributed by atoms with Crippen LogP contribution in [0.2, 0.25) is 0 Å². The van der Waals surface area contributed by atoms with Crippen LogP contribution >= 0.6 is 0 Å². The Labute approximate surface area is 104 Å². The number of rotatable bonds is 4. The van der Waals surface area contributed by atoms with Crippen LogP contribution in [-0.2, 0) is 11.2 Å². The molecule has 6 heteroatoms. The molecule has 0 saturated carbocycles. The van der Waals surface area contributed by atoms with E-state index in [1.165, 1.54) is 0 Å². The van der Waals surface area contributed by atoms with E-state index < -0.39 is 6.04 Å². The number of aromatic nitrogens is 2. The van der Waals surface area contributed by atoms with Crippen LogP contribution in [0.1, 0.15) is 5.56 Å². The van der Waals surface area contributed by atoms with Crippen molar-refractivity contribution in [2.75, 3.05) is 5.32 Å². The van der Waals surface area contributed by atoms with E-state index in [-0.39, 0.29) is 11.7 Å². The lowest BCUT2D eigenvalue weighted by atomic mass is 10.1. The number of nitrogens with one attached hydrogen (secondary N) is 2. The summed E-state index contributed by atoms with van der Waals surface area (Å²) in [5.41, 5.74) is 6.67. The third kappa shape index (κ3) is 3.08. The number of nitrogens with two attached hydrogens (primary N) is 1. The van der Waals surface area contributed by atoms with Crippen molar-refractivity contribution in [1.82, 2.24) is 9.97 Å². The highest BCUT2D eigenvalue weighted by Gasteiger charge is 2.14. The summed E-state index contributed by atoms with van der Waals surface area (Å²) in [4.78, 5) is 18.4. The quantitative estimate of drug-likeness (QED) is 0.635. The Balaban J connectivity index is 1.93.